The van der Waals surface area contributed by atoms with Crippen molar-refractivity contribution in [3.05, 3.63) is 71.3 Å². The zero-order valence-electron chi connectivity index (χ0n) is 22.6. The first-order valence-electron chi connectivity index (χ1n) is 12.3. The smallest absolute Gasteiger partial charge is 0.426 e. The number of ether oxygens (including phenoxy) is 1. The number of carbonyl (C=O) groups excluding carboxylic acids is 3. The maximum Gasteiger partial charge on any atom is 0.426 e. The van der Waals surface area contributed by atoms with E-state index in [9.17, 15) is 23.2 Å². The summed E-state index contributed by atoms with van der Waals surface area (Å²) in [5.74, 6) is 3.69. The molecule has 0 saturated heterocycles. The van der Waals surface area contributed by atoms with E-state index in [0.29, 0.717) is 43.0 Å². The van der Waals surface area contributed by atoms with E-state index in [1.165, 1.54) is 24.3 Å². The van der Waals surface area contributed by atoms with Crippen molar-refractivity contribution in [1.29, 1.82) is 0 Å². The highest BCUT2D eigenvalue weighted by Gasteiger charge is 2.22. The fourth-order valence-corrected chi connectivity index (χ4v) is 3.76. The molecule has 224 valence electrons. The van der Waals surface area contributed by atoms with E-state index in [2.05, 4.69) is 16.3 Å². The minimum Gasteiger partial charge on any atom is -0.443 e. The summed E-state index contributed by atoms with van der Waals surface area (Å²) in [6.07, 6.45) is 1.65. The molecule has 3 amide bonds. The second-order valence-electron chi connectivity index (χ2n) is 9.50. The Kier molecular flexibility index (Phi) is 18.1. The Morgan fingerprint density at radius 1 is 0.800 bits per heavy atom. The maximum atomic E-state index is 13.0. The van der Waals surface area contributed by atoms with Gasteiger partial charge < -0.3 is 4.74 Å². The van der Waals surface area contributed by atoms with Crippen LogP contribution >= 0.6 is 35.6 Å². The topological polar surface area (TPSA) is 123 Å². The van der Waals surface area contributed by atoms with Gasteiger partial charge in [-0.15, -0.1) is 35.6 Å². The van der Waals surface area contributed by atoms with Crippen molar-refractivity contribution in [2.45, 2.75) is 63.9 Å². The van der Waals surface area contributed by atoms with Crippen molar-refractivity contribution in [2.24, 2.45) is 5.84 Å². The Labute approximate surface area is 250 Å². The Balaban J connectivity index is 0.000000788. The Bertz CT molecular complexity index is 1040. The summed E-state index contributed by atoms with van der Waals surface area (Å²) in [6, 6.07) is 11.5. The van der Waals surface area contributed by atoms with E-state index in [-0.39, 0.29) is 35.9 Å². The number of hydrazine groups is 2. The second kappa shape index (κ2) is 19.4. The molecule has 0 aromatic heterocycles. The van der Waals surface area contributed by atoms with Crippen LogP contribution in [0.15, 0.2) is 48.5 Å². The number of nitrogens with two attached hydrogens (primary N) is 1. The molecule has 5 N–H and O–H groups in total. The van der Waals surface area contributed by atoms with Gasteiger partial charge in [-0.1, -0.05) is 24.3 Å². The molecule has 40 heavy (non-hydrogen) atoms. The zero-order chi connectivity index (χ0) is 29.4. The van der Waals surface area contributed by atoms with E-state index in [4.69, 9.17) is 33.8 Å². The molecular weight excluding hydrogens is 589 g/mol. The molecule has 0 fully saturated rings. The van der Waals surface area contributed by atoms with Crippen LogP contribution in [0.5, 0.6) is 0 Å². The predicted octanol–water partition coefficient (Wildman–Crippen LogP) is 5.82. The van der Waals surface area contributed by atoms with Gasteiger partial charge in [-0.3, -0.25) is 20.4 Å². The van der Waals surface area contributed by atoms with Gasteiger partial charge in [-0.2, -0.15) is 0 Å². The third kappa shape index (κ3) is 14.6. The van der Waals surface area contributed by atoms with E-state index in [1.807, 2.05) is 0 Å². The van der Waals surface area contributed by atoms with Gasteiger partial charge in [0.15, 0.2) is 0 Å². The van der Waals surface area contributed by atoms with Crippen molar-refractivity contribution in [2.75, 3.05) is 11.8 Å². The Morgan fingerprint density at radius 3 is 1.55 bits per heavy atom. The summed E-state index contributed by atoms with van der Waals surface area (Å²) < 4.78 is 30.8. The van der Waals surface area contributed by atoms with Gasteiger partial charge in [0, 0.05) is 11.8 Å². The van der Waals surface area contributed by atoms with E-state index in [0.717, 1.165) is 5.56 Å². The summed E-state index contributed by atoms with van der Waals surface area (Å²) in [5, 5.41) is 0. The Morgan fingerprint density at radius 2 is 1.20 bits per heavy atom. The summed E-state index contributed by atoms with van der Waals surface area (Å²) in [7, 11) is 0. The molecule has 2 atom stereocenters. The van der Waals surface area contributed by atoms with Crippen molar-refractivity contribution in [1.82, 2.24) is 16.3 Å². The minimum absolute atomic E-state index is 0. The molecule has 0 aliphatic rings. The molecular formula is C27H37Cl3F2N4O4. The van der Waals surface area contributed by atoms with Crippen molar-refractivity contribution >= 4 is 53.5 Å². The van der Waals surface area contributed by atoms with Crippen LogP contribution in [0.1, 0.15) is 69.4 Å². The average molecular weight is 626 g/mol. The van der Waals surface area contributed by atoms with Gasteiger partial charge in [0.25, 0.3) is 0 Å². The highest BCUT2D eigenvalue weighted by Crippen LogP contribution is 2.23. The Hall–Kier alpha value is -2.66. The average Bonchev–Trinajstić information content (AvgIpc) is 2.89. The molecule has 0 spiro atoms. The third-order valence-electron chi connectivity index (χ3n) is 5.26. The van der Waals surface area contributed by atoms with Crippen molar-refractivity contribution in [3.63, 3.8) is 0 Å². The number of benzene rings is 2. The highest BCUT2D eigenvalue weighted by atomic mass is 35.5. The van der Waals surface area contributed by atoms with Gasteiger partial charge in [0.1, 0.15) is 17.2 Å². The molecule has 0 aliphatic carbocycles. The molecule has 0 heterocycles. The van der Waals surface area contributed by atoms with Gasteiger partial charge in [0.2, 0.25) is 11.8 Å². The maximum absolute atomic E-state index is 13.0. The van der Waals surface area contributed by atoms with Gasteiger partial charge in [-0.05, 0) is 81.8 Å². The lowest BCUT2D eigenvalue weighted by molar-refractivity contribution is -0.124. The number of carbonyl (C=O) groups is 3. The molecule has 0 saturated carbocycles. The summed E-state index contributed by atoms with van der Waals surface area (Å²) in [5.41, 5.74) is 7.38. The normalized spacial score (nSPS) is 12.0. The van der Waals surface area contributed by atoms with E-state index < -0.39 is 23.5 Å². The van der Waals surface area contributed by atoms with Crippen LogP contribution in [0.25, 0.3) is 0 Å². The van der Waals surface area contributed by atoms with Crippen molar-refractivity contribution < 1.29 is 27.9 Å². The summed E-state index contributed by atoms with van der Waals surface area (Å²) in [4.78, 5) is 35.4. The minimum atomic E-state index is -0.749. The largest absolute Gasteiger partial charge is 0.443 e. The highest BCUT2D eigenvalue weighted by molar-refractivity contribution is 6.18. The SMILES string of the molecule is CC(C)(C)OC(=O)NNC(=O)C(CCCCl)c1ccc(F)cc1.Cl.NNC(=O)C(CCCCl)c1ccc(F)cc1. The van der Waals surface area contributed by atoms with Crippen LogP contribution in [0.2, 0.25) is 0 Å². The number of halogens is 5. The van der Waals surface area contributed by atoms with Crippen molar-refractivity contribution in [3.8, 4) is 0 Å². The number of hydrogen-bond acceptors (Lipinski definition) is 5. The number of hydrogen-bond donors (Lipinski definition) is 4. The van der Waals surface area contributed by atoms with Gasteiger partial charge in [-0.25, -0.2) is 24.8 Å². The van der Waals surface area contributed by atoms with Crippen LogP contribution in [-0.4, -0.2) is 35.3 Å². The van der Waals surface area contributed by atoms with Crippen LogP contribution in [0.4, 0.5) is 13.6 Å². The summed E-state index contributed by atoms with van der Waals surface area (Å²) >= 11 is 11.3. The lowest BCUT2D eigenvalue weighted by Gasteiger charge is -2.21. The lowest BCUT2D eigenvalue weighted by Crippen LogP contribution is -2.46. The molecule has 8 nitrogen and oxygen atoms in total. The molecule has 2 aromatic rings. The molecule has 2 rings (SSSR count). The zero-order valence-corrected chi connectivity index (χ0v) is 25.0. The summed E-state index contributed by atoms with van der Waals surface area (Å²) in [6.45, 7) is 5.16. The first kappa shape index (κ1) is 37.3. The second-order valence-corrected chi connectivity index (χ2v) is 10.3. The first-order valence-corrected chi connectivity index (χ1v) is 13.4. The molecule has 0 aliphatic heterocycles. The van der Waals surface area contributed by atoms with E-state index >= 15 is 0 Å². The van der Waals surface area contributed by atoms with Crippen LogP contribution in [0, 0.1) is 11.6 Å². The van der Waals surface area contributed by atoms with Gasteiger partial charge in [0.05, 0.1) is 11.8 Å². The van der Waals surface area contributed by atoms with Gasteiger partial charge >= 0.3 is 6.09 Å². The fourth-order valence-electron chi connectivity index (χ4n) is 3.45. The molecule has 0 bridgehead atoms. The van der Waals surface area contributed by atoms with Crippen LogP contribution in [-0.2, 0) is 14.3 Å². The molecule has 2 aromatic carbocycles. The first-order chi connectivity index (χ1) is 18.4. The molecule has 2 unspecified atom stereocenters. The number of amides is 3. The third-order valence-corrected chi connectivity index (χ3v) is 5.79. The number of rotatable bonds is 10. The quantitative estimate of drug-likeness (QED) is 0.115. The predicted molar refractivity (Wildman–Crippen MR) is 155 cm³/mol. The van der Waals surface area contributed by atoms with E-state index in [1.54, 1.807) is 45.0 Å². The molecule has 0 radical (unpaired) electrons. The standard InChI is InChI=1S/C16H22ClFN2O3.C11H14ClFN2O.ClH/c1-16(2,3)23-15(22)20-19-14(21)13(5-4-10-17)11-6-8-12(18)9-7-11;12-7-1-2-10(11(16)15-14)8-3-5-9(13)6-4-8;/h6-9,13H,4-5,10H2,1-3H3,(H,19,21)(H,20,22);3-6,10H,1-2,7,14H2,(H,15,16);1H. The van der Waals surface area contributed by atoms with Crippen LogP contribution in [0.3, 0.4) is 0 Å². The van der Waals surface area contributed by atoms with Crippen LogP contribution < -0.4 is 22.1 Å². The monoisotopic (exact) mass is 624 g/mol. The number of nitrogens with one attached hydrogen (secondary N) is 3. The fraction of sp³-hybridized carbons (Fsp3) is 0.444. The lowest BCUT2D eigenvalue weighted by atomic mass is 9.94. The molecule has 13 heteroatoms. The number of alkyl halides is 2.